The molecular weight excluding hydrogens is 1570 g/mol. The highest BCUT2D eigenvalue weighted by atomic mass is 32.2. The van der Waals surface area contributed by atoms with Gasteiger partial charge in [0, 0.05) is 32.8 Å². The predicted molar refractivity (Wildman–Crippen MR) is 413 cm³/mol. The van der Waals surface area contributed by atoms with Crippen molar-refractivity contribution in [2.45, 2.75) is 165 Å². The summed E-state index contributed by atoms with van der Waals surface area (Å²) < 4.78 is 6.24. The Hall–Kier alpha value is -10.8. The standard InChI is InChI=1S/C71H81N19O18S5/c1-14-37-64-83-44(22-109-64)61(103)89-52(70(13,107)34(12)93)67-85-43(23-112-67)59(101)88-48-33(11)108-68(106)40-19-36(31(9)91)35-15-16-38(50(94)49(35)79-40)78-46(25(2)3)62(104)77-29(7)56(98)74-27(5)55(97)75-30(8)57(99)90-71(69-86-45(24-113-69)60(102)87-47(32(10)92)63(105)81-37)18-17-39(80-51(71)41-20-111-66(48)82-41)65-84-42(21-110-65)58(100)76-28(6)54(96)73-26(4)53(72)95/h14-16,19-21,23-25,30-34,38,44,46-48,50-52,78,91-94,107H,4-7,17-18,22H2,1-3,8-13H3,(H2,72,95)(H,73,96)(H,74,98)(H,75,97)(H,76,100)(H,77,104)(H,81,105)(H,87,102)(H,88,101)(H,89,103)(H,90,99)/b37-14-/t30-,31-,32+,33+,34+,38+,44+,46-,47?,48-,50+,51+,52+,70+,71+/m0/s1. The number of aliphatic hydroxyl groups is 5. The number of aromatic nitrogens is 5. The van der Waals surface area contributed by atoms with Gasteiger partial charge in [0.05, 0.1) is 76.0 Å². The zero-order valence-electron chi connectivity index (χ0n) is 61.9. The molecule has 15 atom stereocenters. The number of ether oxygens (including phenoxy) is 1. The van der Waals surface area contributed by atoms with Crippen LogP contribution >= 0.6 is 57.1 Å². The topological polar surface area (TPSA) is 563 Å². The first-order valence-electron chi connectivity index (χ1n) is 34.8. The van der Waals surface area contributed by atoms with Crippen molar-refractivity contribution in [1.29, 1.82) is 0 Å². The number of allylic oxidation sites excluding steroid dienone is 1. The van der Waals surface area contributed by atoms with E-state index in [-0.39, 0.29) is 89.0 Å². The highest BCUT2D eigenvalue weighted by molar-refractivity contribution is 8.14. The van der Waals surface area contributed by atoms with Gasteiger partial charge in [-0.25, -0.2) is 29.7 Å². The molecule has 598 valence electrons. The Morgan fingerprint density at radius 2 is 1.42 bits per heavy atom. The third-order valence-corrected chi connectivity index (χ3v) is 23.6. The van der Waals surface area contributed by atoms with Gasteiger partial charge >= 0.3 is 5.97 Å². The molecule has 1 unspecified atom stereocenters. The van der Waals surface area contributed by atoms with E-state index in [0.717, 1.165) is 57.1 Å². The van der Waals surface area contributed by atoms with Crippen LogP contribution in [0.1, 0.15) is 190 Å². The van der Waals surface area contributed by atoms with Crippen molar-refractivity contribution < 1.29 is 87.8 Å². The van der Waals surface area contributed by atoms with E-state index in [4.69, 9.17) is 25.4 Å². The number of hydrogen-bond donors (Lipinski definition) is 17. The average molecular weight is 1650 g/mol. The molecule has 0 radical (unpaired) electrons. The van der Waals surface area contributed by atoms with E-state index in [1.807, 2.05) is 0 Å². The number of hydrogen-bond acceptors (Lipinski definition) is 31. The van der Waals surface area contributed by atoms with Gasteiger partial charge in [0.15, 0.2) is 0 Å². The van der Waals surface area contributed by atoms with Crippen molar-refractivity contribution in [2.24, 2.45) is 21.6 Å². The van der Waals surface area contributed by atoms with Gasteiger partial charge in [0.25, 0.3) is 41.4 Å². The van der Waals surface area contributed by atoms with Crippen LogP contribution in [-0.2, 0) is 48.6 Å². The molecule has 11 amide bonds. The number of amides is 11. The van der Waals surface area contributed by atoms with Crippen LogP contribution < -0.4 is 64.2 Å². The van der Waals surface area contributed by atoms with Gasteiger partial charge in [-0.2, -0.15) is 0 Å². The van der Waals surface area contributed by atoms with E-state index in [1.165, 1.54) is 87.4 Å². The lowest BCUT2D eigenvalue weighted by Gasteiger charge is -2.41. The lowest BCUT2D eigenvalue weighted by molar-refractivity contribution is -0.129. The van der Waals surface area contributed by atoms with Crippen LogP contribution in [0.3, 0.4) is 0 Å². The zero-order chi connectivity index (χ0) is 82.7. The van der Waals surface area contributed by atoms with Crippen molar-refractivity contribution in [1.82, 2.24) is 83.4 Å². The van der Waals surface area contributed by atoms with Crippen molar-refractivity contribution in [2.75, 3.05) is 5.75 Å². The number of nitrogens with zero attached hydrogens (tertiary/aromatic N) is 7. The van der Waals surface area contributed by atoms with Gasteiger partial charge in [0.1, 0.15) is 107 Å². The molecule has 0 aromatic carbocycles. The number of thioether (sulfide) groups is 1. The first-order valence-corrected chi connectivity index (χ1v) is 39.3. The monoisotopic (exact) mass is 1650 g/mol. The second-order valence-electron chi connectivity index (χ2n) is 27.4. The third kappa shape index (κ3) is 18.5. The highest BCUT2D eigenvalue weighted by Gasteiger charge is 2.51. The third-order valence-electron chi connectivity index (χ3n) is 18.7. The van der Waals surface area contributed by atoms with E-state index in [2.05, 4.69) is 105 Å². The fraction of sp³-hybridized carbons (Fsp3) is 0.394. The Morgan fingerprint density at radius 1 is 0.743 bits per heavy atom. The van der Waals surface area contributed by atoms with Crippen LogP contribution in [0.25, 0.3) is 6.08 Å². The minimum absolute atomic E-state index is 0.0184. The molecule has 18 N–H and O–H groups in total. The molecule has 5 aliphatic rings. The predicted octanol–water partition coefficient (Wildman–Crippen LogP) is 0.509. The summed E-state index contributed by atoms with van der Waals surface area (Å²) in [4.78, 5) is 203. The molecule has 10 rings (SSSR count). The highest BCUT2D eigenvalue weighted by Crippen LogP contribution is 2.48. The SMILES string of the molecule is C=C(NC(=O)C(=C)NC(=O)c1csc(C2=N[C@@H]3c4csc(n4)[C@H]4NC(=O)c5csc(n5)[C@H]([C@](C)(O)[C@@H](C)O)NC(=O)[C@H]5CSC(=N5)/C(=C/C)NC(=O)C([C@@H](C)O)NC(=O)c5csc(n5)[C@]3(CC2)NC(=O)[C@H](C)NC(=O)C(=C)NC(=O)C(=C)NC(=O)[C@H](C(C)C)N[C@@H]2C=Cc3c([C@H](C)O)cc(nc3[C@@H]2O)C(=O)O[C@@H]4C)n1)C(N)=O. The van der Waals surface area contributed by atoms with E-state index in [0.29, 0.717) is 0 Å². The van der Waals surface area contributed by atoms with E-state index in [9.17, 15) is 68.7 Å². The summed E-state index contributed by atoms with van der Waals surface area (Å²) in [6.07, 6.45) is -3.71. The van der Waals surface area contributed by atoms with Gasteiger partial charge in [-0.15, -0.1) is 57.1 Å². The first-order chi connectivity index (χ1) is 53.2. The Balaban J connectivity index is 1.18. The fourth-order valence-electron chi connectivity index (χ4n) is 12.0. The van der Waals surface area contributed by atoms with Crippen LogP contribution in [0.5, 0.6) is 0 Å². The number of fused-ring (bicyclic) bond motifs is 7. The number of rotatable bonds is 11. The number of carbonyl (C=O) groups excluding carboxylic acids is 12. The number of nitrogens with two attached hydrogens (primary N) is 1. The fourth-order valence-corrected chi connectivity index (χ4v) is 16.9. The maximum Gasteiger partial charge on any atom is 0.357 e. The minimum atomic E-state index is -2.21. The number of aliphatic hydroxyl groups excluding tert-OH is 4. The molecular formula is C71H81N19O18S5. The lowest BCUT2D eigenvalue weighted by atomic mass is 9.80. The number of nitrogens with one attached hydrogen (secondary N) is 11. The second-order valence-corrected chi connectivity index (χ2v) is 31.9. The maximum absolute atomic E-state index is 15.4. The molecule has 0 spiro atoms. The Morgan fingerprint density at radius 3 is 2.09 bits per heavy atom. The maximum atomic E-state index is 15.4. The van der Waals surface area contributed by atoms with Gasteiger partial charge in [-0.05, 0) is 78.9 Å². The van der Waals surface area contributed by atoms with Crippen LogP contribution in [-0.4, -0.2) is 192 Å². The number of aliphatic imine (C=N–C) groups is 2. The molecule has 0 saturated heterocycles. The Labute approximate surface area is 664 Å². The van der Waals surface area contributed by atoms with Crippen LogP contribution in [0.4, 0.5) is 0 Å². The van der Waals surface area contributed by atoms with Crippen molar-refractivity contribution in [3.63, 3.8) is 0 Å². The first kappa shape index (κ1) is 84.6. The molecule has 9 heterocycles. The summed E-state index contributed by atoms with van der Waals surface area (Å²) >= 11 is 4.39. The minimum Gasteiger partial charge on any atom is -0.455 e. The number of pyridine rings is 1. The normalized spacial score (nSPS) is 26.1. The van der Waals surface area contributed by atoms with Crippen LogP contribution in [0.15, 0.2) is 105 Å². The van der Waals surface area contributed by atoms with Crippen molar-refractivity contribution in [3.05, 3.63) is 160 Å². The Kier molecular flexibility index (Phi) is 26.0. The molecule has 1 aliphatic carbocycles. The number of primary amides is 1. The molecule has 4 aliphatic heterocycles. The van der Waals surface area contributed by atoms with Gasteiger partial charge in [0.2, 0.25) is 23.6 Å². The summed E-state index contributed by atoms with van der Waals surface area (Å²) in [5, 5.41) is 91.5. The second kappa shape index (κ2) is 34.7. The van der Waals surface area contributed by atoms with Crippen molar-refractivity contribution >= 4 is 145 Å². The Bertz CT molecular complexity index is 4920. The molecule has 5 aromatic rings. The van der Waals surface area contributed by atoms with E-state index in [1.54, 1.807) is 20.8 Å². The van der Waals surface area contributed by atoms with E-state index < -0.39 is 201 Å². The number of carbonyl (C=O) groups is 12. The molecule has 113 heavy (non-hydrogen) atoms. The number of cyclic esters (lactones) is 1. The quantitative estimate of drug-likeness (QED) is 0.0633. The number of esters is 1. The van der Waals surface area contributed by atoms with E-state index >= 15 is 14.4 Å². The van der Waals surface area contributed by atoms with Crippen LogP contribution in [0.2, 0.25) is 0 Å². The molecule has 0 saturated carbocycles. The van der Waals surface area contributed by atoms with Crippen LogP contribution in [0, 0.1) is 5.92 Å². The summed E-state index contributed by atoms with van der Waals surface area (Å²) in [5.74, 6) is -12.7. The van der Waals surface area contributed by atoms with Gasteiger partial charge < -0.3 is 89.2 Å². The molecule has 0 fully saturated rings. The largest absolute Gasteiger partial charge is 0.455 e. The summed E-state index contributed by atoms with van der Waals surface area (Å²) in [6.45, 7) is 26.9. The van der Waals surface area contributed by atoms with Gasteiger partial charge in [-0.3, -0.25) is 68.0 Å². The summed E-state index contributed by atoms with van der Waals surface area (Å²) in [5.41, 5.74) is -2.56. The average Bonchev–Trinajstić information content (AvgIpc) is 1.66. The lowest BCUT2D eigenvalue weighted by Crippen LogP contribution is -2.57. The molecule has 13 bridgehead atoms. The summed E-state index contributed by atoms with van der Waals surface area (Å²) in [7, 11) is 0. The van der Waals surface area contributed by atoms with Crippen molar-refractivity contribution in [3.8, 4) is 0 Å². The smallest absolute Gasteiger partial charge is 0.357 e. The molecule has 42 heteroatoms. The molecule has 37 nitrogen and oxygen atoms in total. The zero-order valence-corrected chi connectivity index (χ0v) is 66.0. The summed E-state index contributed by atoms with van der Waals surface area (Å²) in [6, 6.07) is -10.4. The number of thiazole rings is 4. The molecule has 5 aromatic heterocycles. The van der Waals surface area contributed by atoms with Gasteiger partial charge in [-0.1, -0.05) is 58.4 Å².